The van der Waals surface area contributed by atoms with Crippen LogP contribution in [0.5, 0.6) is 0 Å². The van der Waals surface area contributed by atoms with Gasteiger partial charge in [-0.25, -0.2) is 4.79 Å². The molecule has 2 aliphatic rings. The van der Waals surface area contributed by atoms with Gasteiger partial charge < -0.3 is 9.47 Å². The quantitative estimate of drug-likeness (QED) is 0.438. The van der Waals surface area contributed by atoms with Gasteiger partial charge in [-0.15, -0.1) is 0 Å². The number of ether oxygens (including phenoxy) is 2. The molecule has 1 aliphatic heterocycles. The molecule has 8 nitrogen and oxygen atoms in total. The highest BCUT2D eigenvalue weighted by molar-refractivity contribution is 6.01. The Kier molecular flexibility index (Phi) is 5.13. The van der Waals surface area contributed by atoms with Crippen LogP contribution < -0.4 is 0 Å². The average molecular weight is 299 g/mol. The first kappa shape index (κ1) is 15.3. The fourth-order valence-corrected chi connectivity index (χ4v) is 2.35. The molecule has 0 aromatic rings. The summed E-state index contributed by atoms with van der Waals surface area (Å²) in [5.41, 5.74) is 0. The molecule has 2 amide bonds. The number of imide groups is 1. The Bertz CT molecular complexity index is 426. The lowest BCUT2D eigenvalue weighted by Crippen LogP contribution is -2.32. The van der Waals surface area contributed by atoms with E-state index in [2.05, 4.69) is 9.57 Å². The zero-order chi connectivity index (χ0) is 15.2. The average Bonchev–Trinajstić information content (AvgIpc) is 2.80. The number of carbonyl (C=O) groups excluding carboxylic acids is 4. The van der Waals surface area contributed by atoms with Crippen LogP contribution in [-0.4, -0.2) is 35.8 Å². The third-order valence-electron chi connectivity index (χ3n) is 3.49. The van der Waals surface area contributed by atoms with Crippen molar-refractivity contribution in [2.45, 2.75) is 44.9 Å². The summed E-state index contributed by atoms with van der Waals surface area (Å²) < 4.78 is 9.33. The lowest BCUT2D eigenvalue weighted by Gasteiger charge is -2.19. The summed E-state index contributed by atoms with van der Waals surface area (Å²) in [5.74, 6) is -1.76. The summed E-state index contributed by atoms with van der Waals surface area (Å²) in [5, 5.41) is 0.366. The molecule has 1 saturated carbocycles. The fraction of sp³-hybridized carbons (Fsp3) is 0.692. The van der Waals surface area contributed by atoms with Crippen molar-refractivity contribution in [3.8, 4) is 0 Å². The van der Waals surface area contributed by atoms with E-state index in [0.717, 1.165) is 32.1 Å². The van der Waals surface area contributed by atoms with Crippen molar-refractivity contribution in [3.05, 3.63) is 0 Å². The van der Waals surface area contributed by atoms with E-state index in [1.165, 1.54) is 0 Å². The molecule has 1 heterocycles. The molecule has 0 spiro atoms. The highest BCUT2D eigenvalue weighted by Gasteiger charge is 2.33. The summed E-state index contributed by atoms with van der Waals surface area (Å²) in [7, 11) is 0. The van der Waals surface area contributed by atoms with Crippen LogP contribution >= 0.6 is 0 Å². The second kappa shape index (κ2) is 7.05. The third kappa shape index (κ3) is 4.17. The molecule has 0 N–H and O–H groups in total. The van der Waals surface area contributed by atoms with Crippen LogP contribution in [0.4, 0.5) is 4.79 Å². The van der Waals surface area contributed by atoms with E-state index in [9.17, 15) is 19.2 Å². The van der Waals surface area contributed by atoms with Gasteiger partial charge in [-0.2, -0.15) is 0 Å². The zero-order valence-electron chi connectivity index (χ0n) is 11.5. The Morgan fingerprint density at radius 1 is 1.00 bits per heavy atom. The van der Waals surface area contributed by atoms with E-state index >= 15 is 0 Å². The van der Waals surface area contributed by atoms with Crippen LogP contribution in [-0.2, 0) is 28.7 Å². The summed E-state index contributed by atoms with van der Waals surface area (Å²) in [6.07, 6.45) is 3.40. The molecular weight excluding hydrogens is 282 g/mol. The van der Waals surface area contributed by atoms with E-state index in [4.69, 9.17) is 4.74 Å². The highest BCUT2D eigenvalue weighted by atomic mass is 16.9. The maximum atomic E-state index is 11.7. The van der Waals surface area contributed by atoms with Gasteiger partial charge in [-0.3, -0.25) is 19.2 Å². The molecule has 0 radical (unpaired) electrons. The summed E-state index contributed by atoms with van der Waals surface area (Å²) in [6.45, 7) is -0.593. The minimum absolute atomic E-state index is 0.00276. The number of hydrogen-bond donors (Lipinski definition) is 0. The molecule has 0 atom stereocenters. The Labute approximate surface area is 121 Å². The van der Waals surface area contributed by atoms with Gasteiger partial charge in [0, 0.05) is 12.8 Å². The predicted molar refractivity (Wildman–Crippen MR) is 66.2 cm³/mol. The van der Waals surface area contributed by atoms with Crippen molar-refractivity contribution in [2.75, 3.05) is 6.79 Å². The highest BCUT2D eigenvalue weighted by Crippen LogP contribution is 2.24. The Morgan fingerprint density at radius 2 is 1.62 bits per heavy atom. The first-order valence-corrected chi connectivity index (χ1v) is 6.95. The van der Waals surface area contributed by atoms with Gasteiger partial charge in [0.1, 0.15) is 0 Å². The fourth-order valence-electron chi connectivity index (χ4n) is 2.35. The molecule has 1 aliphatic carbocycles. The summed E-state index contributed by atoms with van der Waals surface area (Å²) in [4.78, 5) is 49.8. The number of hydrogen-bond acceptors (Lipinski definition) is 7. The van der Waals surface area contributed by atoms with E-state index < -0.39 is 30.7 Å². The Morgan fingerprint density at radius 3 is 2.24 bits per heavy atom. The Hall–Kier alpha value is -2.12. The molecule has 8 heteroatoms. The number of carbonyl (C=O) groups is 4. The predicted octanol–water partition coefficient (Wildman–Crippen LogP) is 1.28. The molecule has 0 aromatic heterocycles. The van der Waals surface area contributed by atoms with Gasteiger partial charge >= 0.3 is 12.1 Å². The Balaban J connectivity index is 1.66. The maximum Gasteiger partial charge on any atom is 0.536 e. The van der Waals surface area contributed by atoms with Crippen molar-refractivity contribution >= 4 is 23.9 Å². The largest absolute Gasteiger partial charge is 0.536 e. The van der Waals surface area contributed by atoms with Crippen molar-refractivity contribution in [2.24, 2.45) is 5.92 Å². The monoisotopic (exact) mass is 299 g/mol. The molecule has 0 unspecified atom stereocenters. The minimum Gasteiger partial charge on any atom is -0.427 e. The van der Waals surface area contributed by atoms with Gasteiger partial charge in [0.25, 0.3) is 11.8 Å². The van der Waals surface area contributed by atoms with Gasteiger partial charge in [-0.1, -0.05) is 24.3 Å². The van der Waals surface area contributed by atoms with Crippen LogP contribution in [0.2, 0.25) is 0 Å². The van der Waals surface area contributed by atoms with E-state index in [1.54, 1.807) is 0 Å². The number of rotatable bonds is 4. The molecule has 2 rings (SSSR count). The number of hydroxylamine groups is 2. The second-order valence-corrected chi connectivity index (χ2v) is 4.98. The lowest BCUT2D eigenvalue weighted by molar-refractivity contribution is -0.183. The van der Waals surface area contributed by atoms with Gasteiger partial charge in [0.2, 0.25) is 6.79 Å². The molecular formula is C13H17NO7. The standard InChI is InChI=1S/C13H17NO7/c15-10-6-7-11(16)14(10)21-13(18)20-8-19-12(17)9-4-2-1-3-5-9/h9H,1-8H2. The van der Waals surface area contributed by atoms with Gasteiger partial charge in [0.05, 0.1) is 5.92 Å². The third-order valence-corrected chi connectivity index (χ3v) is 3.49. The first-order valence-electron chi connectivity index (χ1n) is 6.95. The zero-order valence-corrected chi connectivity index (χ0v) is 11.5. The van der Waals surface area contributed by atoms with Crippen molar-refractivity contribution in [3.63, 3.8) is 0 Å². The minimum atomic E-state index is -1.25. The van der Waals surface area contributed by atoms with E-state index in [0.29, 0.717) is 5.06 Å². The molecule has 0 bridgehead atoms. The van der Waals surface area contributed by atoms with Crippen molar-refractivity contribution in [1.29, 1.82) is 0 Å². The molecule has 116 valence electrons. The normalized spacial score (nSPS) is 19.5. The van der Waals surface area contributed by atoms with Crippen LogP contribution in [0, 0.1) is 5.92 Å². The van der Waals surface area contributed by atoms with E-state index in [1.807, 2.05) is 0 Å². The van der Waals surface area contributed by atoms with Crippen LogP contribution in [0.25, 0.3) is 0 Å². The van der Waals surface area contributed by atoms with Crippen LogP contribution in [0.15, 0.2) is 0 Å². The maximum absolute atomic E-state index is 11.7. The van der Waals surface area contributed by atoms with Gasteiger partial charge in [0.15, 0.2) is 0 Å². The van der Waals surface area contributed by atoms with Gasteiger partial charge in [-0.05, 0) is 12.8 Å². The van der Waals surface area contributed by atoms with Crippen molar-refractivity contribution < 1.29 is 33.5 Å². The van der Waals surface area contributed by atoms with Crippen LogP contribution in [0.1, 0.15) is 44.9 Å². The second-order valence-electron chi connectivity index (χ2n) is 4.98. The smallest absolute Gasteiger partial charge is 0.427 e. The SMILES string of the molecule is O=C(OCOC(=O)C1CCCCC1)ON1C(=O)CCC1=O. The lowest BCUT2D eigenvalue weighted by atomic mass is 9.89. The number of amides is 2. The number of esters is 1. The first-order chi connectivity index (χ1) is 10.1. The summed E-state index contributed by atoms with van der Waals surface area (Å²) in [6, 6.07) is 0. The topological polar surface area (TPSA) is 99.2 Å². The van der Waals surface area contributed by atoms with Crippen LogP contribution in [0.3, 0.4) is 0 Å². The molecule has 21 heavy (non-hydrogen) atoms. The molecule has 0 aromatic carbocycles. The molecule has 2 fully saturated rings. The summed E-state index contributed by atoms with van der Waals surface area (Å²) >= 11 is 0. The van der Waals surface area contributed by atoms with E-state index in [-0.39, 0.29) is 18.8 Å². The van der Waals surface area contributed by atoms with Crippen molar-refractivity contribution in [1.82, 2.24) is 5.06 Å². The number of nitrogens with zero attached hydrogens (tertiary/aromatic N) is 1. The molecule has 1 saturated heterocycles.